The van der Waals surface area contributed by atoms with Crippen molar-refractivity contribution in [2.45, 2.75) is 44.4 Å². The first-order valence-electron chi connectivity index (χ1n) is 11.9. The molecule has 3 aliphatic rings. The Labute approximate surface area is 197 Å². The van der Waals surface area contributed by atoms with Gasteiger partial charge in [0.05, 0.1) is 47.6 Å². The molecule has 174 valence electrons. The Balaban J connectivity index is 1.38. The van der Waals surface area contributed by atoms with E-state index in [-0.39, 0.29) is 5.91 Å². The minimum atomic E-state index is 0.0118. The van der Waals surface area contributed by atoms with Crippen LogP contribution in [-0.4, -0.2) is 53.6 Å². The highest BCUT2D eigenvalue weighted by Gasteiger charge is 2.31. The van der Waals surface area contributed by atoms with E-state index in [1.54, 1.807) is 23.3 Å². The lowest BCUT2D eigenvalue weighted by Crippen LogP contribution is -2.30. The summed E-state index contributed by atoms with van der Waals surface area (Å²) in [6, 6.07) is 0. The van der Waals surface area contributed by atoms with Crippen LogP contribution in [0.1, 0.15) is 66.3 Å². The molecule has 34 heavy (non-hydrogen) atoms. The van der Waals surface area contributed by atoms with Crippen LogP contribution in [0.5, 0.6) is 0 Å². The number of amides is 1. The number of hydrogen-bond donors (Lipinski definition) is 2. The lowest BCUT2D eigenvalue weighted by molar-refractivity contribution is 0.0783. The molecular weight excluding hydrogens is 430 g/mol. The van der Waals surface area contributed by atoms with Gasteiger partial charge in [-0.3, -0.25) is 9.48 Å². The molecule has 3 aromatic heterocycles. The van der Waals surface area contributed by atoms with E-state index in [2.05, 4.69) is 25.7 Å². The molecule has 6 rings (SSSR count). The van der Waals surface area contributed by atoms with E-state index >= 15 is 0 Å². The summed E-state index contributed by atoms with van der Waals surface area (Å²) in [6.45, 7) is 1.58. The number of aryl methyl sites for hydroxylation is 1. The van der Waals surface area contributed by atoms with Gasteiger partial charge >= 0.3 is 0 Å². The Kier molecular flexibility index (Phi) is 5.20. The predicted octanol–water partition coefficient (Wildman–Crippen LogP) is 3.47. The molecule has 0 spiro atoms. The normalized spacial score (nSPS) is 17.1. The lowest BCUT2D eigenvalue weighted by atomic mass is 10.2. The number of hydrogen-bond acceptors (Lipinski definition) is 8. The molecule has 1 amide bonds. The van der Waals surface area contributed by atoms with Gasteiger partial charge in [-0.05, 0) is 44.1 Å². The van der Waals surface area contributed by atoms with Gasteiger partial charge < -0.3 is 15.5 Å². The molecule has 1 saturated heterocycles. The quantitative estimate of drug-likeness (QED) is 0.554. The molecule has 0 radical (unpaired) electrons. The fraction of sp³-hybridized carbons (Fsp3) is 0.417. The summed E-state index contributed by atoms with van der Waals surface area (Å²) < 4.78 is 1.66. The molecule has 0 bridgehead atoms. The molecule has 2 saturated carbocycles. The monoisotopic (exact) mass is 457 g/mol. The van der Waals surface area contributed by atoms with E-state index in [1.165, 1.54) is 11.9 Å². The average molecular weight is 458 g/mol. The standard InChI is InChI=1S/C24H27N9O/c1-32-22(24(34)33-8-2-3-9-33)19(13-28-32)31-20(16-6-7-16)21-23(29-17-10-25-14-26-11-17)27-12-18(30-21)15-4-5-15/h10-15,31H,2-9H2,1H3,(H,27,29). The van der Waals surface area contributed by atoms with Gasteiger partial charge in [-0.15, -0.1) is 0 Å². The molecule has 4 heterocycles. The van der Waals surface area contributed by atoms with Gasteiger partial charge in [-0.1, -0.05) is 0 Å². The Morgan fingerprint density at radius 2 is 1.82 bits per heavy atom. The average Bonchev–Trinajstić information content (AvgIpc) is 3.79. The number of carbonyl (C=O) groups is 1. The largest absolute Gasteiger partial charge is 0.350 e. The summed E-state index contributed by atoms with van der Waals surface area (Å²) in [5, 5.41) is 11.3. The van der Waals surface area contributed by atoms with Crippen LogP contribution in [0.4, 0.5) is 17.2 Å². The molecule has 2 N–H and O–H groups in total. The number of rotatable bonds is 7. The van der Waals surface area contributed by atoms with Gasteiger partial charge in [0.2, 0.25) is 0 Å². The predicted molar refractivity (Wildman–Crippen MR) is 127 cm³/mol. The summed E-state index contributed by atoms with van der Waals surface area (Å²) in [5.74, 6) is 1.12. The van der Waals surface area contributed by atoms with Crippen LogP contribution in [0.15, 0.2) is 36.7 Å². The molecular formula is C24H27N9O. The molecule has 10 heteroatoms. The first-order chi connectivity index (χ1) is 16.7. The molecule has 0 aromatic carbocycles. The van der Waals surface area contributed by atoms with Crippen LogP contribution in [-0.2, 0) is 7.05 Å². The number of carbonyl (C=O) groups excluding carboxylic acids is 1. The number of anilines is 3. The molecule has 0 unspecified atom stereocenters. The summed E-state index contributed by atoms with van der Waals surface area (Å²) in [5.41, 5.74) is 5.92. The second-order valence-corrected chi connectivity index (χ2v) is 9.15. The van der Waals surface area contributed by atoms with E-state index in [0.717, 1.165) is 74.4 Å². The molecule has 3 aromatic rings. The SMILES string of the molecule is Cn1ncc(NC(=C2CC2)c2nc(C3CC3)cnc2Nc2cncnc2)c1C(=O)N1CCCC1. The maximum absolute atomic E-state index is 13.3. The third-order valence-corrected chi connectivity index (χ3v) is 6.49. The first kappa shape index (κ1) is 20.8. The van der Waals surface area contributed by atoms with Crippen molar-refractivity contribution in [3.8, 4) is 0 Å². The Morgan fingerprint density at radius 1 is 1.06 bits per heavy atom. The van der Waals surface area contributed by atoms with Crippen molar-refractivity contribution in [2.75, 3.05) is 23.7 Å². The van der Waals surface area contributed by atoms with Crippen molar-refractivity contribution in [3.63, 3.8) is 0 Å². The molecule has 3 fully saturated rings. The second-order valence-electron chi connectivity index (χ2n) is 9.15. The zero-order chi connectivity index (χ0) is 23.1. The van der Waals surface area contributed by atoms with Gasteiger partial charge in [-0.2, -0.15) is 5.10 Å². The summed E-state index contributed by atoms with van der Waals surface area (Å²) in [6.07, 6.45) is 14.8. The highest BCUT2D eigenvalue weighted by Crippen LogP contribution is 2.42. The molecule has 2 aliphatic carbocycles. The Hall–Kier alpha value is -3.82. The van der Waals surface area contributed by atoms with Gasteiger partial charge in [0.15, 0.2) is 5.82 Å². The zero-order valence-corrected chi connectivity index (χ0v) is 19.2. The fourth-order valence-electron chi connectivity index (χ4n) is 4.36. The van der Waals surface area contributed by atoms with Gasteiger partial charge in [-0.25, -0.2) is 19.9 Å². The van der Waals surface area contributed by atoms with Crippen LogP contribution >= 0.6 is 0 Å². The van der Waals surface area contributed by atoms with Crippen molar-refractivity contribution >= 4 is 28.8 Å². The van der Waals surface area contributed by atoms with E-state index in [9.17, 15) is 4.79 Å². The van der Waals surface area contributed by atoms with Crippen molar-refractivity contribution in [1.82, 2.24) is 34.6 Å². The fourth-order valence-corrected chi connectivity index (χ4v) is 4.36. The van der Waals surface area contributed by atoms with Crippen LogP contribution in [0.25, 0.3) is 5.70 Å². The maximum Gasteiger partial charge on any atom is 0.274 e. The van der Waals surface area contributed by atoms with Crippen molar-refractivity contribution < 1.29 is 4.79 Å². The molecule has 10 nitrogen and oxygen atoms in total. The molecule has 0 atom stereocenters. The second kappa shape index (κ2) is 8.51. The summed E-state index contributed by atoms with van der Waals surface area (Å²) in [7, 11) is 1.81. The summed E-state index contributed by atoms with van der Waals surface area (Å²) in [4.78, 5) is 33.1. The van der Waals surface area contributed by atoms with Gasteiger partial charge in [0.1, 0.15) is 17.7 Å². The van der Waals surface area contributed by atoms with E-state index in [1.807, 2.05) is 18.1 Å². The van der Waals surface area contributed by atoms with Gasteiger partial charge in [0, 0.05) is 26.1 Å². The number of aromatic nitrogens is 6. The summed E-state index contributed by atoms with van der Waals surface area (Å²) >= 11 is 0. The van der Waals surface area contributed by atoms with Crippen molar-refractivity contribution in [1.29, 1.82) is 0 Å². The third kappa shape index (κ3) is 4.11. The van der Waals surface area contributed by atoms with Crippen LogP contribution < -0.4 is 10.6 Å². The Bertz CT molecular complexity index is 1250. The highest BCUT2D eigenvalue weighted by molar-refractivity contribution is 6.00. The first-order valence-corrected chi connectivity index (χ1v) is 11.9. The smallest absolute Gasteiger partial charge is 0.274 e. The number of allylic oxidation sites excluding steroid dienone is 1. The van der Waals surface area contributed by atoms with Crippen LogP contribution in [0.2, 0.25) is 0 Å². The maximum atomic E-state index is 13.3. The third-order valence-electron chi connectivity index (χ3n) is 6.49. The zero-order valence-electron chi connectivity index (χ0n) is 19.2. The minimum absolute atomic E-state index is 0.0118. The minimum Gasteiger partial charge on any atom is -0.350 e. The Morgan fingerprint density at radius 3 is 2.53 bits per heavy atom. The van der Waals surface area contributed by atoms with Gasteiger partial charge in [0.25, 0.3) is 5.91 Å². The van der Waals surface area contributed by atoms with Crippen molar-refractivity contribution in [3.05, 3.63) is 53.8 Å². The van der Waals surface area contributed by atoms with E-state index < -0.39 is 0 Å². The van der Waals surface area contributed by atoms with Crippen LogP contribution in [0.3, 0.4) is 0 Å². The van der Waals surface area contributed by atoms with Crippen LogP contribution in [0, 0.1) is 0 Å². The topological polar surface area (TPSA) is 114 Å². The lowest BCUT2D eigenvalue weighted by Gasteiger charge is -2.19. The van der Waals surface area contributed by atoms with E-state index in [0.29, 0.717) is 23.1 Å². The number of likely N-dealkylation sites (tertiary alicyclic amines) is 1. The number of nitrogens with zero attached hydrogens (tertiary/aromatic N) is 7. The van der Waals surface area contributed by atoms with Crippen molar-refractivity contribution in [2.24, 2.45) is 7.05 Å². The highest BCUT2D eigenvalue weighted by atomic mass is 16.2. The molecule has 1 aliphatic heterocycles. The van der Waals surface area contributed by atoms with E-state index in [4.69, 9.17) is 9.97 Å². The number of nitrogens with one attached hydrogen (secondary N) is 2.